The van der Waals surface area contributed by atoms with E-state index in [0.29, 0.717) is 27.6 Å². The van der Waals surface area contributed by atoms with Gasteiger partial charge in [-0.15, -0.1) is 0 Å². The standard InChI is InChI=1S/C23H15ClFNO3S/c24-18-9-2-3-10-19(18)26-22(27)21(30-23(26)28)13-16-7-1-4-11-20(16)29-14-15-6-5-8-17(25)12-15/h1-13H,14H2/b21-13-. The molecule has 150 valence electrons. The van der Waals surface area contributed by atoms with Crippen LogP contribution in [-0.4, -0.2) is 11.1 Å². The Kier molecular flexibility index (Phi) is 5.88. The van der Waals surface area contributed by atoms with Gasteiger partial charge in [-0.25, -0.2) is 9.29 Å². The van der Waals surface area contributed by atoms with E-state index in [2.05, 4.69) is 0 Å². The number of benzene rings is 3. The molecular weight excluding hydrogens is 425 g/mol. The van der Waals surface area contributed by atoms with Gasteiger partial charge in [-0.05, 0) is 53.7 Å². The lowest BCUT2D eigenvalue weighted by atomic mass is 10.1. The second kappa shape index (κ2) is 8.73. The van der Waals surface area contributed by atoms with Crippen molar-refractivity contribution in [2.45, 2.75) is 6.61 Å². The van der Waals surface area contributed by atoms with Crippen LogP contribution in [0.3, 0.4) is 0 Å². The first-order valence-electron chi connectivity index (χ1n) is 9.02. The molecule has 0 bridgehead atoms. The summed E-state index contributed by atoms with van der Waals surface area (Å²) in [7, 11) is 0. The summed E-state index contributed by atoms with van der Waals surface area (Å²) in [4.78, 5) is 26.7. The number of rotatable bonds is 5. The number of anilines is 1. The van der Waals surface area contributed by atoms with Crippen LogP contribution in [0.1, 0.15) is 11.1 Å². The summed E-state index contributed by atoms with van der Waals surface area (Å²) in [6.45, 7) is 0.170. The Hall–Kier alpha value is -3.09. The first-order valence-corrected chi connectivity index (χ1v) is 10.2. The van der Waals surface area contributed by atoms with Crippen molar-refractivity contribution >= 4 is 46.3 Å². The summed E-state index contributed by atoms with van der Waals surface area (Å²) in [5.74, 6) is -0.262. The van der Waals surface area contributed by atoms with Gasteiger partial charge in [0, 0.05) is 5.56 Å². The van der Waals surface area contributed by atoms with Gasteiger partial charge >= 0.3 is 0 Å². The first kappa shape index (κ1) is 20.2. The number of imide groups is 1. The van der Waals surface area contributed by atoms with Crippen molar-refractivity contribution in [3.63, 3.8) is 0 Å². The third kappa shape index (κ3) is 4.25. The average molecular weight is 440 g/mol. The highest BCUT2D eigenvalue weighted by molar-refractivity contribution is 8.19. The van der Waals surface area contributed by atoms with E-state index in [1.54, 1.807) is 66.7 Å². The molecule has 7 heteroatoms. The molecule has 0 aromatic heterocycles. The van der Waals surface area contributed by atoms with E-state index in [9.17, 15) is 14.0 Å². The topological polar surface area (TPSA) is 46.6 Å². The van der Waals surface area contributed by atoms with Crippen molar-refractivity contribution in [1.29, 1.82) is 0 Å². The van der Waals surface area contributed by atoms with Crippen molar-refractivity contribution in [3.05, 3.63) is 99.7 Å². The van der Waals surface area contributed by atoms with Gasteiger partial charge < -0.3 is 4.74 Å². The number of carbonyl (C=O) groups excluding carboxylic acids is 2. The third-order valence-electron chi connectivity index (χ3n) is 4.38. The lowest BCUT2D eigenvalue weighted by Gasteiger charge is -2.13. The van der Waals surface area contributed by atoms with E-state index in [-0.39, 0.29) is 17.3 Å². The van der Waals surface area contributed by atoms with Crippen molar-refractivity contribution < 1.29 is 18.7 Å². The van der Waals surface area contributed by atoms with Crippen LogP contribution < -0.4 is 9.64 Å². The van der Waals surface area contributed by atoms with E-state index in [1.807, 2.05) is 0 Å². The Morgan fingerprint density at radius 1 is 1.00 bits per heavy atom. The number of ether oxygens (including phenoxy) is 1. The Labute approximate surface area is 181 Å². The zero-order valence-electron chi connectivity index (χ0n) is 15.5. The fourth-order valence-corrected chi connectivity index (χ4v) is 4.01. The van der Waals surface area contributed by atoms with Gasteiger partial charge in [0.25, 0.3) is 11.1 Å². The summed E-state index contributed by atoms with van der Waals surface area (Å²) >= 11 is 7.00. The smallest absolute Gasteiger partial charge is 0.298 e. The maximum Gasteiger partial charge on any atom is 0.298 e. The monoisotopic (exact) mass is 439 g/mol. The quantitative estimate of drug-likeness (QED) is 0.438. The summed E-state index contributed by atoms with van der Waals surface area (Å²) in [6, 6.07) is 20.0. The zero-order valence-corrected chi connectivity index (χ0v) is 17.1. The van der Waals surface area contributed by atoms with Crippen LogP contribution in [0.2, 0.25) is 5.02 Å². The molecule has 0 radical (unpaired) electrons. The van der Waals surface area contributed by atoms with Gasteiger partial charge in [-0.2, -0.15) is 0 Å². The molecule has 1 saturated heterocycles. The minimum atomic E-state index is -0.446. The molecule has 4 nitrogen and oxygen atoms in total. The van der Waals surface area contributed by atoms with Crippen LogP contribution in [0.4, 0.5) is 14.9 Å². The maximum absolute atomic E-state index is 13.4. The van der Waals surface area contributed by atoms with Crippen molar-refractivity contribution in [2.24, 2.45) is 0 Å². The Bertz CT molecular complexity index is 1160. The lowest BCUT2D eigenvalue weighted by molar-refractivity contribution is -0.113. The molecule has 0 saturated carbocycles. The Morgan fingerprint density at radius 2 is 1.77 bits per heavy atom. The maximum atomic E-state index is 13.4. The van der Waals surface area contributed by atoms with Crippen molar-refractivity contribution in [3.8, 4) is 5.75 Å². The van der Waals surface area contributed by atoms with Gasteiger partial charge in [0.1, 0.15) is 18.2 Å². The number of halogens is 2. The molecule has 1 heterocycles. The van der Waals surface area contributed by atoms with Crippen LogP contribution in [0.25, 0.3) is 6.08 Å². The molecule has 1 aliphatic rings. The minimum Gasteiger partial charge on any atom is -0.488 e. The second-order valence-corrected chi connectivity index (χ2v) is 7.83. The summed E-state index contributed by atoms with van der Waals surface area (Å²) < 4.78 is 19.2. The number of para-hydroxylation sites is 2. The highest BCUT2D eigenvalue weighted by Gasteiger charge is 2.37. The second-order valence-electron chi connectivity index (χ2n) is 6.42. The minimum absolute atomic E-state index is 0.170. The van der Waals surface area contributed by atoms with E-state index in [4.69, 9.17) is 16.3 Å². The van der Waals surface area contributed by atoms with E-state index in [0.717, 1.165) is 16.7 Å². The molecule has 0 unspecified atom stereocenters. The third-order valence-corrected chi connectivity index (χ3v) is 5.57. The summed E-state index contributed by atoms with van der Waals surface area (Å²) in [6.07, 6.45) is 1.61. The highest BCUT2D eigenvalue weighted by Crippen LogP contribution is 2.39. The van der Waals surface area contributed by atoms with E-state index < -0.39 is 11.1 Å². The SMILES string of the molecule is O=C1S/C(=C\c2ccccc2OCc2cccc(F)c2)C(=O)N1c1ccccc1Cl. The number of amides is 2. The van der Waals surface area contributed by atoms with Crippen LogP contribution >= 0.6 is 23.4 Å². The number of hydrogen-bond acceptors (Lipinski definition) is 4. The zero-order chi connectivity index (χ0) is 21.1. The van der Waals surface area contributed by atoms with Crippen LogP contribution in [0, 0.1) is 5.82 Å². The largest absolute Gasteiger partial charge is 0.488 e. The number of nitrogens with zero attached hydrogens (tertiary/aromatic N) is 1. The lowest BCUT2D eigenvalue weighted by Crippen LogP contribution is -2.27. The predicted molar refractivity (Wildman–Crippen MR) is 117 cm³/mol. The number of thioether (sulfide) groups is 1. The molecule has 0 spiro atoms. The predicted octanol–water partition coefficient (Wildman–Crippen LogP) is 6.30. The normalized spacial score (nSPS) is 15.1. The average Bonchev–Trinajstić information content (AvgIpc) is 3.01. The first-order chi connectivity index (χ1) is 14.5. The molecule has 2 amide bonds. The van der Waals surface area contributed by atoms with E-state index >= 15 is 0 Å². The molecule has 4 rings (SSSR count). The van der Waals surface area contributed by atoms with E-state index in [1.165, 1.54) is 12.1 Å². The highest BCUT2D eigenvalue weighted by atomic mass is 35.5. The number of carbonyl (C=O) groups is 2. The summed E-state index contributed by atoms with van der Waals surface area (Å²) in [5.41, 5.74) is 1.67. The van der Waals surface area contributed by atoms with Crippen LogP contribution in [0.5, 0.6) is 5.75 Å². The summed E-state index contributed by atoms with van der Waals surface area (Å²) in [5, 5.41) is -0.0996. The fraction of sp³-hybridized carbons (Fsp3) is 0.0435. The fourth-order valence-electron chi connectivity index (χ4n) is 2.97. The van der Waals surface area contributed by atoms with Crippen molar-refractivity contribution in [2.75, 3.05) is 4.90 Å². The molecule has 1 fully saturated rings. The molecule has 1 aliphatic heterocycles. The molecule has 0 aliphatic carbocycles. The van der Waals surface area contributed by atoms with Gasteiger partial charge in [-0.1, -0.05) is 54.1 Å². The van der Waals surface area contributed by atoms with Gasteiger partial charge in [-0.3, -0.25) is 9.59 Å². The molecule has 3 aromatic rings. The molecular formula is C23H15ClFNO3S. The van der Waals surface area contributed by atoms with Gasteiger partial charge in [0.15, 0.2) is 0 Å². The molecule has 3 aromatic carbocycles. The molecule has 30 heavy (non-hydrogen) atoms. The van der Waals surface area contributed by atoms with Crippen LogP contribution in [-0.2, 0) is 11.4 Å². The van der Waals surface area contributed by atoms with Crippen LogP contribution in [0.15, 0.2) is 77.7 Å². The molecule has 0 atom stereocenters. The Morgan fingerprint density at radius 3 is 2.57 bits per heavy atom. The van der Waals surface area contributed by atoms with Crippen molar-refractivity contribution in [1.82, 2.24) is 0 Å². The van der Waals surface area contributed by atoms with Gasteiger partial charge in [0.2, 0.25) is 0 Å². The molecule has 0 N–H and O–H groups in total. The van der Waals surface area contributed by atoms with Gasteiger partial charge in [0.05, 0.1) is 15.6 Å². The Balaban J connectivity index is 1.59. The number of hydrogen-bond donors (Lipinski definition) is 0.